The van der Waals surface area contributed by atoms with E-state index < -0.39 is 0 Å². The van der Waals surface area contributed by atoms with Crippen molar-refractivity contribution in [1.29, 1.82) is 0 Å². The van der Waals surface area contributed by atoms with Crippen LogP contribution in [0.1, 0.15) is 26.3 Å². The molecule has 0 fully saturated rings. The van der Waals surface area contributed by atoms with E-state index in [9.17, 15) is 0 Å². The third-order valence-electron chi connectivity index (χ3n) is 2.73. The zero-order valence-corrected chi connectivity index (χ0v) is 13.9. The fourth-order valence-corrected chi connectivity index (χ4v) is 2.90. The lowest BCUT2D eigenvalue weighted by Gasteiger charge is -2.19. The van der Waals surface area contributed by atoms with Crippen molar-refractivity contribution in [3.05, 3.63) is 57.6 Å². The summed E-state index contributed by atoms with van der Waals surface area (Å²) in [7, 11) is 0. The van der Waals surface area contributed by atoms with Crippen molar-refractivity contribution in [2.24, 2.45) is 5.73 Å². The molecule has 1 rings (SSSR count). The topological polar surface area (TPSA) is 38.0 Å². The van der Waals surface area contributed by atoms with Crippen LogP contribution in [0.2, 0.25) is 5.02 Å². The lowest BCUT2D eigenvalue weighted by molar-refractivity contribution is 0.658. The fraction of sp³-hybridized carbons (Fsp3) is 0.375. The summed E-state index contributed by atoms with van der Waals surface area (Å²) in [6.45, 7) is 10.2. The van der Waals surface area contributed by atoms with Crippen LogP contribution in [0, 0.1) is 0 Å². The quantitative estimate of drug-likeness (QED) is 0.582. The molecular weight excluding hydrogens is 288 g/mol. The van der Waals surface area contributed by atoms with Crippen LogP contribution in [0.15, 0.2) is 47.0 Å². The van der Waals surface area contributed by atoms with E-state index in [-0.39, 0.29) is 6.17 Å². The highest BCUT2D eigenvalue weighted by atomic mass is 35.5. The molecule has 1 aromatic carbocycles. The molecule has 0 aliphatic heterocycles. The van der Waals surface area contributed by atoms with Gasteiger partial charge in [-0.3, -0.25) is 0 Å². The molecule has 4 heteroatoms. The van der Waals surface area contributed by atoms with Crippen molar-refractivity contribution in [2.75, 3.05) is 5.75 Å². The van der Waals surface area contributed by atoms with E-state index in [0.29, 0.717) is 0 Å². The van der Waals surface area contributed by atoms with E-state index in [1.165, 1.54) is 11.1 Å². The first-order chi connectivity index (χ1) is 9.43. The van der Waals surface area contributed by atoms with Gasteiger partial charge in [-0.15, -0.1) is 11.8 Å². The van der Waals surface area contributed by atoms with Crippen LogP contribution in [0.3, 0.4) is 0 Å². The van der Waals surface area contributed by atoms with Crippen molar-refractivity contribution in [3.8, 4) is 0 Å². The minimum absolute atomic E-state index is 0.0800. The number of nitrogens with one attached hydrogen (secondary N) is 1. The maximum absolute atomic E-state index is 5.93. The van der Waals surface area contributed by atoms with Crippen molar-refractivity contribution in [3.63, 3.8) is 0 Å². The highest BCUT2D eigenvalue weighted by Crippen LogP contribution is 2.25. The Hall–Kier alpha value is -0.900. The van der Waals surface area contributed by atoms with Crippen LogP contribution in [0.25, 0.3) is 0 Å². The van der Waals surface area contributed by atoms with Gasteiger partial charge in [-0.05, 0) is 42.9 Å². The SMILES string of the molecule is C=C(C)/C(Cc1ccc(Cl)cc1)=C(/NC(C)N)SCC. The van der Waals surface area contributed by atoms with E-state index in [2.05, 4.69) is 18.8 Å². The Kier molecular flexibility index (Phi) is 7.20. The maximum Gasteiger partial charge on any atom is 0.0731 e. The summed E-state index contributed by atoms with van der Waals surface area (Å²) in [5.41, 5.74) is 9.35. The molecule has 0 bridgehead atoms. The summed E-state index contributed by atoms with van der Waals surface area (Å²) in [5.74, 6) is 0.993. The zero-order chi connectivity index (χ0) is 15.1. The Balaban J connectivity index is 3.05. The minimum atomic E-state index is -0.0800. The van der Waals surface area contributed by atoms with Crippen LogP contribution in [0.5, 0.6) is 0 Å². The maximum atomic E-state index is 5.93. The number of allylic oxidation sites excluding steroid dienone is 2. The molecule has 2 nitrogen and oxygen atoms in total. The van der Waals surface area contributed by atoms with Gasteiger partial charge in [-0.25, -0.2) is 0 Å². The van der Waals surface area contributed by atoms with E-state index in [0.717, 1.165) is 27.8 Å². The Labute approximate surface area is 131 Å². The smallest absolute Gasteiger partial charge is 0.0731 e. The second-order valence-corrected chi connectivity index (χ2v) is 6.47. The van der Waals surface area contributed by atoms with Gasteiger partial charge in [-0.2, -0.15) is 0 Å². The molecule has 20 heavy (non-hydrogen) atoms. The van der Waals surface area contributed by atoms with Gasteiger partial charge in [-0.1, -0.05) is 42.8 Å². The van der Waals surface area contributed by atoms with Crippen LogP contribution < -0.4 is 11.1 Å². The molecule has 0 spiro atoms. The molecule has 1 aromatic rings. The molecule has 0 saturated heterocycles. The molecule has 1 atom stereocenters. The Bertz CT molecular complexity index is 478. The van der Waals surface area contributed by atoms with Gasteiger partial charge >= 0.3 is 0 Å². The number of hydrogen-bond donors (Lipinski definition) is 2. The zero-order valence-electron chi connectivity index (χ0n) is 12.4. The third kappa shape index (κ3) is 5.61. The van der Waals surface area contributed by atoms with Gasteiger partial charge in [0.2, 0.25) is 0 Å². The lowest BCUT2D eigenvalue weighted by Crippen LogP contribution is -2.33. The number of thioether (sulfide) groups is 1. The largest absolute Gasteiger partial charge is 0.365 e. The molecule has 1 unspecified atom stereocenters. The standard InChI is InChI=1S/C16H23ClN2S/c1-5-20-16(19-12(4)18)15(11(2)3)10-13-6-8-14(17)9-7-13/h6-9,12,19H,2,5,10,18H2,1,3-4H3/b16-15-. The predicted octanol–water partition coefficient (Wildman–Crippen LogP) is 4.32. The molecule has 3 N–H and O–H groups in total. The lowest BCUT2D eigenvalue weighted by atomic mass is 10.0. The van der Waals surface area contributed by atoms with Crippen LogP contribution in [-0.2, 0) is 6.42 Å². The number of rotatable bonds is 7. The van der Waals surface area contributed by atoms with Gasteiger partial charge in [0.15, 0.2) is 0 Å². The van der Waals surface area contributed by atoms with E-state index >= 15 is 0 Å². The number of halogens is 1. The summed E-state index contributed by atoms with van der Waals surface area (Å²) in [6, 6.07) is 7.92. The van der Waals surface area contributed by atoms with Crippen molar-refractivity contribution >= 4 is 23.4 Å². The second-order valence-electron chi connectivity index (χ2n) is 4.76. The number of benzene rings is 1. The molecule has 0 amide bonds. The van der Waals surface area contributed by atoms with E-state index in [1.807, 2.05) is 38.1 Å². The Morgan fingerprint density at radius 3 is 2.45 bits per heavy atom. The fourth-order valence-electron chi connectivity index (χ4n) is 1.80. The summed E-state index contributed by atoms with van der Waals surface area (Å²) in [4.78, 5) is 0. The first-order valence-corrected chi connectivity index (χ1v) is 8.08. The number of nitrogens with two attached hydrogens (primary N) is 1. The molecule has 0 heterocycles. The van der Waals surface area contributed by atoms with Crippen molar-refractivity contribution < 1.29 is 0 Å². The predicted molar refractivity (Wildman–Crippen MR) is 91.9 cm³/mol. The molecule has 0 aromatic heterocycles. The molecule has 0 aliphatic rings. The molecule has 0 saturated carbocycles. The first-order valence-electron chi connectivity index (χ1n) is 6.72. The van der Waals surface area contributed by atoms with Gasteiger partial charge in [0.05, 0.1) is 11.2 Å². The van der Waals surface area contributed by atoms with E-state index in [1.54, 1.807) is 11.8 Å². The van der Waals surface area contributed by atoms with Crippen molar-refractivity contribution in [2.45, 2.75) is 33.4 Å². The third-order valence-corrected chi connectivity index (χ3v) is 3.92. The van der Waals surface area contributed by atoms with Crippen LogP contribution in [-0.4, -0.2) is 11.9 Å². The summed E-state index contributed by atoms with van der Waals surface area (Å²) in [6.07, 6.45) is 0.748. The highest BCUT2D eigenvalue weighted by Gasteiger charge is 2.10. The molecule has 0 aliphatic carbocycles. The van der Waals surface area contributed by atoms with Gasteiger partial charge in [0.1, 0.15) is 0 Å². The summed E-state index contributed by atoms with van der Waals surface area (Å²) >= 11 is 7.69. The van der Waals surface area contributed by atoms with Gasteiger partial charge in [0, 0.05) is 11.4 Å². The number of hydrogen-bond acceptors (Lipinski definition) is 3. The second kappa shape index (κ2) is 8.40. The Morgan fingerprint density at radius 2 is 2.00 bits per heavy atom. The van der Waals surface area contributed by atoms with Crippen LogP contribution >= 0.6 is 23.4 Å². The highest BCUT2D eigenvalue weighted by molar-refractivity contribution is 8.03. The summed E-state index contributed by atoms with van der Waals surface area (Å²) < 4.78 is 0. The average molecular weight is 311 g/mol. The van der Waals surface area contributed by atoms with E-state index in [4.69, 9.17) is 17.3 Å². The average Bonchev–Trinajstić information content (AvgIpc) is 2.36. The molecule has 0 radical (unpaired) electrons. The monoisotopic (exact) mass is 310 g/mol. The molecule has 110 valence electrons. The van der Waals surface area contributed by atoms with Gasteiger partial charge < -0.3 is 11.1 Å². The Morgan fingerprint density at radius 1 is 1.40 bits per heavy atom. The van der Waals surface area contributed by atoms with Crippen LogP contribution in [0.4, 0.5) is 0 Å². The van der Waals surface area contributed by atoms with Gasteiger partial charge in [0.25, 0.3) is 0 Å². The summed E-state index contributed by atoms with van der Waals surface area (Å²) in [5, 5.41) is 5.20. The van der Waals surface area contributed by atoms with Crippen molar-refractivity contribution in [1.82, 2.24) is 5.32 Å². The minimum Gasteiger partial charge on any atom is -0.365 e. The normalized spacial score (nSPS) is 13.7. The first kappa shape index (κ1) is 17.2. The molecular formula is C16H23ClN2S.